The Morgan fingerprint density at radius 2 is 2.11 bits per heavy atom. The number of ether oxygens (including phenoxy) is 1. The Kier molecular flexibility index (Phi) is 5.62. The van der Waals surface area contributed by atoms with Gasteiger partial charge in [-0.1, -0.05) is 6.07 Å². The number of sulfone groups is 1. The molecule has 102 valence electrons. The molecule has 1 unspecified atom stereocenters. The summed E-state index contributed by atoms with van der Waals surface area (Å²) in [6, 6.07) is 5.39. The third-order valence-corrected chi connectivity index (χ3v) is 4.03. The maximum atomic E-state index is 11.4. The van der Waals surface area contributed by atoms with E-state index < -0.39 is 9.84 Å². The highest BCUT2D eigenvalue weighted by Crippen LogP contribution is 2.28. The predicted octanol–water partition coefficient (Wildman–Crippen LogP) is 2.15. The molecule has 1 aromatic rings. The van der Waals surface area contributed by atoms with E-state index in [0.29, 0.717) is 6.61 Å². The predicted molar refractivity (Wildman–Crippen MR) is 76.8 cm³/mol. The van der Waals surface area contributed by atoms with Gasteiger partial charge < -0.3 is 10.1 Å². The van der Waals surface area contributed by atoms with Gasteiger partial charge in [0.15, 0.2) is 0 Å². The molecule has 0 saturated carbocycles. The third-order valence-electron chi connectivity index (χ3n) is 2.48. The van der Waals surface area contributed by atoms with Crippen LogP contribution >= 0.6 is 15.9 Å². The smallest absolute Gasteiger partial charge is 0.149 e. The van der Waals surface area contributed by atoms with Crippen LogP contribution in [0.1, 0.15) is 18.5 Å². The van der Waals surface area contributed by atoms with Gasteiger partial charge in [-0.2, -0.15) is 0 Å². The first-order valence-corrected chi connectivity index (χ1v) is 8.50. The summed E-state index contributed by atoms with van der Waals surface area (Å²) in [6.45, 7) is 2.51. The van der Waals surface area contributed by atoms with Crippen molar-refractivity contribution in [3.63, 3.8) is 0 Å². The van der Waals surface area contributed by atoms with Crippen molar-refractivity contribution in [2.45, 2.75) is 13.0 Å². The Morgan fingerprint density at radius 1 is 1.44 bits per heavy atom. The first-order valence-electron chi connectivity index (χ1n) is 5.64. The van der Waals surface area contributed by atoms with Gasteiger partial charge in [-0.05, 0) is 47.6 Å². The molecule has 1 atom stereocenters. The normalized spacial score (nSPS) is 13.3. The van der Waals surface area contributed by atoms with Crippen LogP contribution in [0.2, 0.25) is 0 Å². The molecule has 4 nitrogen and oxygen atoms in total. The summed E-state index contributed by atoms with van der Waals surface area (Å²) in [5.41, 5.74) is 0.915. The largest absolute Gasteiger partial charge is 0.493 e. The van der Waals surface area contributed by atoms with Gasteiger partial charge in [-0.25, -0.2) is 8.42 Å². The minimum absolute atomic E-state index is 0.0733. The fraction of sp³-hybridized carbons (Fsp3) is 0.500. The van der Waals surface area contributed by atoms with Gasteiger partial charge in [0, 0.05) is 12.3 Å². The molecule has 0 aromatic heterocycles. The van der Waals surface area contributed by atoms with Crippen LogP contribution in [0.3, 0.4) is 0 Å². The second-order valence-corrected chi connectivity index (χ2v) is 7.10. The van der Waals surface area contributed by atoms with Gasteiger partial charge in [-0.15, -0.1) is 0 Å². The highest BCUT2D eigenvalue weighted by Gasteiger charge is 2.16. The monoisotopic (exact) mass is 335 g/mol. The molecular formula is C12H18BrNO3S. The number of hydrogen-bond donors (Lipinski definition) is 1. The SMILES string of the molecule is CCOc1ccc(C(CS(C)(=O)=O)NC)cc1Br. The van der Waals surface area contributed by atoms with Crippen LogP contribution in [0.15, 0.2) is 22.7 Å². The third kappa shape index (κ3) is 4.59. The molecule has 0 heterocycles. The minimum atomic E-state index is -3.03. The molecule has 1 N–H and O–H groups in total. The number of rotatable bonds is 6. The lowest BCUT2D eigenvalue weighted by Crippen LogP contribution is -2.24. The average molecular weight is 336 g/mol. The molecule has 1 rings (SSSR count). The van der Waals surface area contributed by atoms with Crippen molar-refractivity contribution in [3.8, 4) is 5.75 Å². The van der Waals surface area contributed by atoms with E-state index in [0.717, 1.165) is 15.8 Å². The molecular weight excluding hydrogens is 318 g/mol. The van der Waals surface area contributed by atoms with Gasteiger partial charge in [0.05, 0.1) is 16.8 Å². The van der Waals surface area contributed by atoms with E-state index in [-0.39, 0.29) is 11.8 Å². The molecule has 0 spiro atoms. The van der Waals surface area contributed by atoms with Crippen molar-refractivity contribution in [2.24, 2.45) is 0 Å². The molecule has 0 aliphatic heterocycles. The molecule has 6 heteroatoms. The maximum Gasteiger partial charge on any atom is 0.149 e. The summed E-state index contributed by atoms with van der Waals surface area (Å²) in [5.74, 6) is 0.833. The van der Waals surface area contributed by atoms with Crippen LogP contribution in [0.25, 0.3) is 0 Å². The summed E-state index contributed by atoms with van der Waals surface area (Å²) in [4.78, 5) is 0. The lowest BCUT2D eigenvalue weighted by atomic mass is 10.1. The standard InChI is InChI=1S/C12H18BrNO3S/c1-4-17-12-6-5-9(7-10(12)13)11(14-2)8-18(3,15)16/h5-7,11,14H,4,8H2,1-3H3. The quantitative estimate of drug-likeness (QED) is 0.865. The topological polar surface area (TPSA) is 55.4 Å². The lowest BCUT2D eigenvalue weighted by molar-refractivity contribution is 0.338. The van der Waals surface area contributed by atoms with Crippen LogP contribution in [-0.4, -0.2) is 34.1 Å². The average Bonchev–Trinajstić information content (AvgIpc) is 2.28. The molecule has 1 aromatic carbocycles. The first-order chi connectivity index (χ1) is 8.37. The van der Waals surface area contributed by atoms with E-state index in [4.69, 9.17) is 4.74 Å². The van der Waals surface area contributed by atoms with E-state index in [1.54, 1.807) is 7.05 Å². The van der Waals surface area contributed by atoms with E-state index in [1.807, 2.05) is 25.1 Å². The highest BCUT2D eigenvalue weighted by molar-refractivity contribution is 9.10. The highest BCUT2D eigenvalue weighted by atomic mass is 79.9. The van der Waals surface area contributed by atoms with Gasteiger partial charge in [0.25, 0.3) is 0 Å². The van der Waals surface area contributed by atoms with Gasteiger partial charge in [-0.3, -0.25) is 0 Å². The molecule has 0 aliphatic carbocycles. The molecule has 18 heavy (non-hydrogen) atoms. The Labute approximate surface area is 117 Å². The van der Waals surface area contributed by atoms with Crippen molar-refractivity contribution in [1.82, 2.24) is 5.32 Å². The Morgan fingerprint density at radius 3 is 2.56 bits per heavy atom. The summed E-state index contributed by atoms with van der Waals surface area (Å²) >= 11 is 3.42. The van der Waals surface area contributed by atoms with Crippen molar-refractivity contribution >= 4 is 25.8 Å². The van der Waals surface area contributed by atoms with E-state index in [9.17, 15) is 8.42 Å². The number of hydrogen-bond acceptors (Lipinski definition) is 4. The lowest BCUT2D eigenvalue weighted by Gasteiger charge is -2.17. The zero-order valence-electron chi connectivity index (χ0n) is 10.7. The maximum absolute atomic E-state index is 11.4. The Bertz CT molecular complexity index is 502. The van der Waals surface area contributed by atoms with Gasteiger partial charge in [0.2, 0.25) is 0 Å². The van der Waals surface area contributed by atoms with Crippen molar-refractivity contribution in [2.75, 3.05) is 25.7 Å². The summed E-state index contributed by atoms with van der Waals surface area (Å²) in [6.07, 6.45) is 1.24. The Hall–Kier alpha value is -0.590. The Balaban J connectivity index is 2.97. The van der Waals surface area contributed by atoms with Gasteiger partial charge in [0.1, 0.15) is 15.6 Å². The molecule has 0 radical (unpaired) electrons. The molecule has 0 bridgehead atoms. The summed E-state index contributed by atoms with van der Waals surface area (Å²) in [5, 5.41) is 3.01. The molecule has 0 aliphatic rings. The molecule has 0 saturated heterocycles. The van der Waals surface area contributed by atoms with Crippen LogP contribution in [-0.2, 0) is 9.84 Å². The van der Waals surface area contributed by atoms with Crippen molar-refractivity contribution in [3.05, 3.63) is 28.2 Å². The fourth-order valence-electron chi connectivity index (χ4n) is 1.66. The summed E-state index contributed by atoms with van der Waals surface area (Å²) in [7, 11) is -1.28. The number of benzene rings is 1. The van der Waals surface area contributed by atoms with E-state index in [2.05, 4.69) is 21.2 Å². The van der Waals surface area contributed by atoms with Crippen LogP contribution in [0, 0.1) is 0 Å². The number of nitrogens with one attached hydrogen (secondary N) is 1. The van der Waals surface area contributed by atoms with Gasteiger partial charge >= 0.3 is 0 Å². The minimum Gasteiger partial charge on any atom is -0.493 e. The van der Waals surface area contributed by atoms with E-state index >= 15 is 0 Å². The van der Waals surface area contributed by atoms with Crippen LogP contribution in [0.5, 0.6) is 5.75 Å². The number of halogens is 1. The van der Waals surface area contributed by atoms with Crippen LogP contribution in [0.4, 0.5) is 0 Å². The second-order valence-electron chi connectivity index (χ2n) is 4.06. The van der Waals surface area contributed by atoms with Crippen LogP contribution < -0.4 is 10.1 Å². The molecule has 0 fully saturated rings. The second kappa shape index (κ2) is 6.54. The summed E-state index contributed by atoms with van der Waals surface area (Å²) < 4.78 is 29.0. The zero-order chi connectivity index (χ0) is 13.8. The molecule has 0 amide bonds. The zero-order valence-corrected chi connectivity index (χ0v) is 13.1. The van der Waals surface area contributed by atoms with Crippen molar-refractivity contribution in [1.29, 1.82) is 0 Å². The van der Waals surface area contributed by atoms with E-state index in [1.165, 1.54) is 6.26 Å². The fourth-order valence-corrected chi connectivity index (χ4v) is 3.13. The first kappa shape index (κ1) is 15.5. The van der Waals surface area contributed by atoms with Crippen molar-refractivity contribution < 1.29 is 13.2 Å².